The molecular weight excluding hydrogens is 309 g/mol. The van der Waals surface area contributed by atoms with E-state index in [1.165, 1.54) is 19.2 Å². The van der Waals surface area contributed by atoms with Crippen LogP contribution < -0.4 is 10.1 Å². The van der Waals surface area contributed by atoms with Crippen LogP contribution in [0, 0.1) is 5.82 Å². The molecule has 0 bridgehead atoms. The van der Waals surface area contributed by atoms with Gasteiger partial charge in [-0.2, -0.15) is 0 Å². The molecule has 0 aliphatic heterocycles. The van der Waals surface area contributed by atoms with E-state index in [2.05, 4.69) is 5.32 Å². The Bertz CT molecular complexity index is 882. The maximum absolute atomic E-state index is 13.3. The summed E-state index contributed by atoms with van der Waals surface area (Å²) in [6.45, 7) is 3.88. The molecule has 0 radical (unpaired) electrons. The first-order valence-electron chi connectivity index (χ1n) is 7.71. The van der Waals surface area contributed by atoms with Crippen molar-refractivity contribution in [3.63, 3.8) is 0 Å². The summed E-state index contributed by atoms with van der Waals surface area (Å²) in [4.78, 5) is 12.2. The summed E-state index contributed by atoms with van der Waals surface area (Å²) < 4.78 is 24.7. The maximum Gasteiger partial charge on any atom is 0.287 e. The third kappa shape index (κ3) is 2.97. The molecule has 3 rings (SSSR count). The largest absolute Gasteiger partial charge is 0.491 e. The lowest BCUT2D eigenvalue weighted by molar-refractivity contribution is 0.0938. The number of amides is 1. The number of carbonyl (C=O) groups excluding carboxylic acids is 1. The number of ether oxygens (including phenoxy) is 1. The van der Waals surface area contributed by atoms with Crippen LogP contribution >= 0.6 is 0 Å². The first-order chi connectivity index (χ1) is 11.5. The highest BCUT2D eigenvalue weighted by atomic mass is 19.1. The lowest BCUT2D eigenvalue weighted by atomic mass is 10.0. The smallest absolute Gasteiger partial charge is 0.287 e. The second kappa shape index (κ2) is 6.35. The van der Waals surface area contributed by atoms with E-state index in [9.17, 15) is 9.18 Å². The zero-order valence-electron chi connectivity index (χ0n) is 13.7. The maximum atomic E-state index is 13.3. The van der Waals surface area contributed by atoms with Crippen molar-refractivity contribution in [2.75, 3.05) is 7.05 Å². The van der Waals surface area contributed by atoms with Crippen molar-refractivity contribution in [3.05, 3.63) is 54.0 Å². The molecule has 2 aromatic carbocycles. The number of rotatable bonds is 4. The van der Waals surface area contributed by atoms with E-state index >= 15 is 0 Å². The second-order valence-corrected chi connectivity index (χ2v) is 5.72. The lowest BCUT2D eigenvalue weighted by Crippen LogP contribution is -2.17. The second-order valence-electron chi connectivity index (χ2n) is 5.72. The number of nitrogens with one attached hydrogen (secondary N) is 1. The summed E-state index contributed by atoms with van der Waals surface area (Å²) in [6, 6.07) is 11.4. The zero-order valence-corrected chi connectivity index (χ0v) is 13.7. The Balaban J connectivity index is 2.24. The molecule has 0 saturated heterocycles. The van der Waals surface area contributed by atoms with Gasteiger partial charge in [0, 0.05) is 18.0 Å². The molecule has 1 heterocycles. The molecule has 0 fully saturated rings. The molecule has 3 aromatic rings. The van der Waals surface area contributed by atoms with Crippen LogP contribution in [0.3, 0.4) is 0 Å². The minimum absolute atomic E-state index is 0.0297. The fraction of sp³-hybridized carbons (Fsp3) is 0.211. The summed E-state index contributed by atoms with van der Waals surface area (Å²) in [7, 11) is 1.54. The average molecular weight is 327 g/mol. The van der Waals surface area contributed by atoms with E-state index in [-0.39, 0.29) is 23.6 Å². The van der Waals surface area contributed by atoms with E-state index in [0.717, 1.165) is 5.39 Å². The minimum atomic E-state index is -0.336. The van der Waals surface area contributed by atoms with Crippen molar-refractivity contribution in [2.45, 2.75) is 20.0 Å². The number of fused-ring (bicyclic) bond motifs is 1. The molecule has 0 spiro atoms. The number of benzene rings is 2. The van der Waals surface area contributed by atoms with E-state index in [4.69, 9.17) is 9.15 Å². The molecule has 4 nitrogen and oxygen atoms in total. The van der Waals surface area contributed by atoms with Crippen LogP contribution in [0.15, 0.2) is 46.9 Å². The van der Waals surface area contributed by atoms with Gasteiger partial charge in [0.15, 0.2) is 0 Å². The van der Waals surface area contributed by atoms with Crippen LogP contribution in [0.25, 0.3) is 22.1 Å². The molecule has 124 valence electrons. The Kier molecular flexibility index (Phi) is 4.25. The molecule has 1 aromatic heterocycles. The summed E-state index contributed by atoms with van der Waals surface area (Å²) in [5.41, 5.74) is 1.90. The molecular formula is C19H18FNO3. The van der Waals surface area contributed by atoms with E-state index in [1.54, 1.807) is 24.3 Å². The van der Waals surface area contributed by atoms with Gasteiger partial charge in [-0.1, -0.05) is 12.1 Å². The van der Waals surface area contributed by atoms with Gasteiger partial charge in [-0.3, -0.25) is 4.79 Å². The van der Waals surface area contributed by atoms with Crippen LogP contribution in [-0.4, -0.2) is 19.1 Å². The number of halogens is 1. The van der Waals surface area contributed by atoms with Crippen molar-refractivity contribution < 1.29 is 18.3 Å². The van der Waals surface area contributed by atoms with Gasteiger partial charge in [0.05, 0.1) is 6.10 Å². The van der Waals surface area contributed by atoms with Gasteiger partial charge >= 0.3 is 0 Å². The third-order valence-electron chi connectivity index (χ3n) is 3.60. The summed E-state index contributed by atoms with van der Waals surface area (Å²) in [5, 5.41) is 3.32. The van der Waals surface area contributed by atoms with Gasteiger partial charge in [0.1, 0.15) is 17.1 Å². The fourth-order valence-corrected chi connectivity index (χ4v) is 2.60. The average Bonchev–Trinajstić information content (AvgIpc) is 2.93. The molecule has 1 amide bonds. The van der Waals surface area contributed by atoms with Crippen molar-refractivity contribution in [1.82, 2.24) is 5.32 Å². The highest BCUT2D eigenvalue weighted by Crippen LogP contribution is 2.37. The van der Waals surface area contributed by atoms with Crippen LogP contribution in [-0.2, 0) is 0 Å². The van der Waals surface area contributed by atoms with Crippen molar-refractivity contribution in [2.24, 2.45) is 0 Å². The fourth-order valence-electron chi connectivity index (χ4n) is 2.60. The first-order valence-corrected chi connectivity index (χ1v) is 7.71. The van der Waals surface area contributed by atoms with Gasteiger partial charge in [-0.05, 0) is 49.7 Å². The van der Waals surface area contributed by atoms with Crippen molar-refractivity contribution in [1.29, 1.82) is 0 Å². The van der Waals surface area contributed by atoms with E-state index < -0.39 is 0 Å². The van der Waals surface area contributed by atoms with Crippen LogP contribution in [0.4, 0.5) is 4.39 Å². The zero-order chi connectivity index (χ0) is 17.3. The Labute approximate surface area is 139 Å². The highest BCUT2D eigenvalue weighted by molar-refractivity contribution is 6.08. The lowest BCUT2D eigenvalue weighted by Gasteiger charge is -2.09. The van der Waals surface area contributed by atoms with Crippen LogP contribution in [0.5, 0.6) is 5.75 Å². The standard InChI is InChI=1S/C19H18FNO3/c1-11(2)23-14-8-9-16-15(10-14)17(18(24-16)19(22)21-3)12-4-6-13(20)7-5-12/h4-11H,1-3H3,(H,21,22). The molecule has 0 atom stereocenters. The van der Waals surface area contributed by atoms with Crippen LogP contribution in [0.2, 0.25) is 0 Å². The monoisotopic (exact) mass is 327 g/mol. The molecule has 0 aliphatic rings. The Morgan fingerprint density at radius 3 is 2.50 bits per heavy atom. The molecule has 1 N–H and O–H groups in total. The van der Waals surface area contributed by atoms with Crippen LogP contribution in [0.1, 0.15) is 24.4 Å². The first kappa shape index (κ1) is 16.1. The third-order valence-corrected chi connectivity index (χ3v) is 3.60. The Morgan fingerprint density at radius 1 is 1.17 bits per heavy atom. The van der Waals surface area contributed by atoms with Gasteiger partial charge in [0.25, 0.3) is 5.91 Å². The molecule has 0 aliphatic carbocycles. The molecule has 5 heteroatoms. The molecule has 0 unspecified atom stereocenters. The minimum Gasteiger partial charge on any atom is -0.491 e. The number of hydrogen-bond donors (Lipinski definition) is 1. The number of furan rings is 1. The quantitative estimate of drug-likeness (QED) is 0.773. The SMILES string of the molecule is CNC(=O)c1oc2ccc(OC(C)C)cc2c1-c1ccc(F)cc1. The Morgan fingerprint density at radius 2 is 1.88 bits per heavy atom. The predicted octanol–water partition coefficient (Wildman–Crippen LogP) is 4.39. The Hall–Kier alpha value is -2.82. The molecule has 24 heavy (non-hydrogen) atoms. The summed E-state index contributed by atoms with van der Waals surface area (Å²) in [5.74, 6) is 0.208. The normalized spacial score (nSPS) is 11.0. The predicted molar refractivity (Wildman–Crippen MR) is 90.8 cm³/mol. The van der Waals surface area contributed by atoms with Gasteiger partial charge in [-0.25, -0.2) is 4.39 Å². The van der Waals surface area contributed by atoms with Gasteiger partial charge in [0.2, 0.25) is 5.76 Å². The topological polar surface area (TPSA) is 51.5 Å². The van der Waals surface area contributed by atoms with E-state index in [0.29, 0.717) is 22.5 Å². The van der Waals surface area contributed by atoms with Gasteiger partial charge in [-0.15, -0.1) is 0 Å². The molecule has 0 saturated carbocycles. The highest BCUT2D eigenvalue weighted by Gasteiger charge is 2.21. The van der Waals surface area contributed by atoms with Gasteiger partial charge < -0.3 is 14.5 Å². The number of hydrogen-bond acceptors (Lipinski definition) is 3. The summed E-state index contributed by atoms with van der Waals surface area (Å²) in [6.07, 6.45) is 0.0297. The van der Waals surface area contributed by atoms with E-state index in [1.807, 2.05) is 19.9 Å². The number of carbonyl (C=O) groups is 1. The summed E-state index contributed by atoms with van der Waals surface area (Å²) >= 11 is 0. The van der Waals surface area contributed by atoms with Crippen molar-refractivity contribution >= 4 is 16.9 Å². The van der Waals surface area contributed by atoms with Crippen molar-refractivity contribution in [3.8, 4) is 16.9 Å².